The van der Waals surface area contributed by atoms with Crippen molar-refractivity contribution in [3.8, 4) is 0 Å². The van der Waals surface area contributed by atoms with E-state index in [1.54, 1.807) is 0 Å². The number of carbonyl (C=O) groups excluding carboxylic acids is 2. The van der Waals surface area contributed by atoms with E-state index in [2.05, 4.69) is 6.92 Å². The Morgan fingerprint density at radius 1 is 0.356 bits per heavy atom. The fraction of sp³-hybridized carbons (Fsp3) is 0.941. The van der Waals surface area contributed by atoms with E-state index in [9.17, 15) is 9.59 Å². The standard InChI is InChI=1S/C34H66O11/c1-3-4-5-6-7-8-9-10-11-12-13-14-15-16-34(36)45-32-30-43-28-26-41-24-22-39-20-18-37-17-19-38-21-23-40-25-27-42-29-31-44-33(2)35/h3-32H2,1-2H3. The van der Waals surface area contributed by atoms with E-state index in [1.807, 2.05) is 0 Å². The van der Waals surface area contributed by atoms with Crippen molar-refractivity contribution in [2.75, 3.05) is 106 Å². The van der Waals surface area contributed by atoms with Crippen LogP contribution in [0.2, 0.25) is 0 Å². The molecule has 0 atom stereocenters. The molecule has 0 rings (SSSR count). The molecule has 0 aliphatic rings. The normalized spacial score (nSPS) is 11.2. The molecule has 0 aromatic heterocycles. The smallest absolute Gasteiger partial charge is 0.305 e. The minimum atomic E-state index is -0.310. The number of rotatable bonds is 38. The Kier molecular flexibility index (Phi) is 37.7. The number of hydrogen-bond donors (Lipinski definition) is 0. The predicted octanol–water partition coefficient (Wildman–Crippen LogP) is 5.69. The summed E-state index contributed by atoms with van der Waals surface area (Å²) in [7, 11) is 0. The Hall–Kier alpha value is -1.34. The first-order valence-corrected chi connectivity index (χ1v) is 17.5. The summed E-state index contributed by atoms with van der Waals surface area (Å²) in [5, 5.41) is 0. The van der Waals surface area contributed by atoms with Crippen LogP contribution in [0.3, 0.4) is 0 Å². The monoisotopic (exact) mass is 650 g/mol. The highest BCUT2D eigenvalue weighted by Crippen LogP contribution is 2.13. The van der Waals surface area contributed by atoms with Crippen molar-refractivity contribution in [2.45, 2.75) is 104 Å². The summed E-state index contributed by atoms with van der Waals surface area (Å²) in [4.78, 5) is 22.4. The highest BCUT2D eigenvalue weighted by Gasteiger charge is 2.03. The van der Waals surface area contributed by atoms with Gasteiger partial charge in [0.15, 0.2) is 0 Å². The zero-order valence-corrected chi connectivity index (χ0v) is 28.7. The lowest BCUT2D eigenvalue weighted by atomic mass is 10.0. The summed E-state index contributed by atoms with van der Waals surface area (Å²) < 4.78 is 47.9. The van der Waals surface area contributed by atoms with Gasteiger partial charge in [-0.1, -0.05) is 84.0 Å². The van der Waals surface area contributed by atoms with Crippen LogP contribution in [0.5, 0.6) is 0 Å². The van der Waals surface area contributed by atoms with E-state index in [0.29, 0.717) is 98.9 Å². The van der Waals surface area contributed by atoms with Crippen LogP contribution < -0.4 is 0 Å². The maximum Gasteiger partial charge on any atom is 0.305 e. The molecule has 0 amide bonds. The summed E-state index contributed by atoms with van der Waals surface area (Å²) in [6.45, 7) is 10.7. The van der Waals surface area contributed by atoms with Crippen LogP contribution in [0.4, 0.5) is 0 Å². The molecule has 11 heteroatoms. The molecule has 0 saturated heterocycles. The second-order valence-electron chi connectivity index (χ2n) is 10.8. The lowest BCUT2D eigenvalue weighted by Gasteiger charge is -2.09. The van der Waals surface area contributed by atoms with Crippen LogP contribution in [0.15, 0.2) is 0 Å². The highest BCUT2D eigenvalue weighted by molar-refractivity contribution is 5.69. The number of ether oxygens (including phenoxy) is 9. The van der Waals surface area contributed by atoms with Crippen molar-refractivity contribution in [3.63, 3.8) is 0 Å². The molecule has 0 radical (unpaired) electrons. The van der Waals surface area contributed by atoms with Crippen molar-refractivity contribution >= 4 is 11.9 Å². The molecule has 0 saturated carbocycles. The predicted molar refractivity (Wildman–Crippen MR) is 174 cm³/mol. The third kappa shape index (κ3) is 40.6. The SMILES string of the molecule is CCCCCCCCCCCCCCCC(=O)OCCOCCOCCOCCOCCOCCOCCOCCOC(C)=O. The largest absolute Gasteiger partial charge is 0.463 e. The first kappa shape index (κ1) is 43.7. The Morgan fingerprint density at radius 3 is 0.933 bits per heavy atom. The highest BCUT2D eigenvalue weighted by atomic mass is 16.6. The minimum Gasteiger partial charge on any atom is -0.463 e. The zero-order valence-electron chi connectivity index (χ0n) is 28.7. The zero-order chi connectivity index (χ0) is 32.7. The van der Waals surface area contributed by atoms with E-state index in [4.69, 9.17) is 42.6 Å². The molecular formula is C34H66O11. The molecular weight excluding hydrogens is 584 g/mol. The lowest BCUT2D eigenvalue weighted by Crippen LogP contribution is -2.15. The van der Waals surface area contributed by atoms with Crippen LogP contribution in [0.1, 0.15) is 104 Å². The molecule has 0 fully saturated rings. The van der Waals surface area contributed by atoms with Gasteiger partial charge in [0.25, 0.3) is 0 Å². The van der Waals surface area contributed by atoms with E-state index in [-0.39, 0.29) is 25.2 Å². The molecule has 0 bridgehead atoms. The molecule has 45 heavy (non-hydrogen) atoms. The van der Waals surface area contributed by atoms with E-state index < -0.39 is 0 Å². The van der Waals surface area contributed by atoms with Crippen molar-refractivity contribution in [2.24, 2.45) is 0 Å². The fourth-order valence-corrected chi connectivity index (χ4v) is 4.24. The fourth-order valence-electron chi connectivity index (χ4n) is 4.24. The number of unbranched alkanes of at least 4 members (excludes halogenated alkanes) is 12. The van der Waals surface area contributed by atoms with Crippen LogP contribution in [0, 0.1) is 0 Å². The van der Waals surface area contributed by atoms with Gasteiger partial charge in [0, 0.05) is 13.3 Å². The second kappa shape index (κ2) is 38.8. The summed E-state index contributed by atoms with van der Waals surface area (Å²) in [5.74, 6) is -0.444. The van der Waals surface area contributed by atoms with Gasteiger partial charge in [0.05, 0.1) is 92.5 Å². The van der Waals surface area contributed by atoms with Gasteiger partial charge in [0.1, 0.15) is 13.2 Å². The van der Waals surface area contributed by atoms with E-state index in [0.717, 1.165) is 12.8 Å². The molecule has 11 nitrogen and oxygen atoms in total. The van der Waals surface area contributed by atoms with Crippen LogP contribution in [-0.2, 0) is 52.2 Å². The molecule has 0 aliphatic carbocycles. The van der Waals surface area contributed by atoms with E-state index >= 15 is 0 Å². The van der Waals surface area contributed by atoms with Crippen molar-refractivity contribution in [3.05, 3.63) is 0 Å². The molecule has 0 aliphatic heterocycles. The summed E-state index contributed by atoms with van der Waals surface area (Å²) in [6.07, 6.45) is 17.3. The average molecular weight is 651 g/mol. The molecule has 0 heterocycles. The van der Waals surface area contributed by atoms with E-state index in [1.165, 1.54) is 77.6 Å². The van der Waals surface area contributed by atoms with Crippen LogP contribution in [-0.4, -0.2) is 118 Å². The molecule has 268 valence electrons. The number of carbonyl (C=O) groups is 2. The van der Waals surface area contributed by atoms with Gasteiger partial charge >= 0.3 is 11.9 Å². The Bertz CT molecular complexity index is 607. The maximum atomic E-state index is 11.8. The molecule has 0 spiro atoms. The summed E-state index contributed by atoms with van der Waals surface area (Å²) >= 11 is 0. The molecule has 0 aromatic rings. The minimum absolute atomic E-state index is 0.134. The Balaban J connectivity index is 3.14. The van der Waals surface area contributed by atoms with Gasteiger partial charge in [-0.05, 0) is 6.42 Å². The summed E-state index contributed by atoms with van der Waals surface area (Å²) in [5.41, 5.74) is 0. The first-order chi connectivity index (χ1) is 22.2. The van der Waals surface area contributed by atoms with Gasteiger partial charge in [-0.3, -0.25) is 9.59 Å². The second-order valence-corrected chi connectivity index (χ2v) is 10.8. The Morgan fingerprint density at radius 2 is 0.622 bits per heavy atom. The molecule has 0 aromatic carbocycles. The van der Waals surface area contributed by atoms with Gasteiger partial charge in [0.2, 0.25) is 0 Å². The van der Waals surface area contributed by atoms with Gasteiger partial charge in [-0.25, -0.2) is 0 Å². The third-order valence-electron chi connectivity index (χ3n) is 6.74. The van der Waals surface area contributed by atoms with Crippen molar-refractivity contribution in [1.82, 2.24) is 0 Å². The number of esters is 2. The topological polar surface area (TPSA) is 117 Å². The first-order valence-electron chi connectivity index (χ1n) is 17.5. The third-order valence-corrected chi connectivity index (χ3v) is 6.74. The molecule has 0 unspecified atom stereocenters. The lowest BCUT2D eigenvalue weighted by molar-refractivity contribution is -0.145. The van der Waals surface area contributed by atoms with Crippen molar-refractivity contribution in [1.29, 1.82) is 0 Å². The van der Waals surface area contributed by atoms with Gasteiger partial charge < -0.3 is 42.6 Å². The molecule has 0 N–H and O–H groups in total. The van der Waals surface area contributed by atoms with Gasteiger partial charge in [-0.15, -0.1) is 0 Å². The Labute approximate surface area is 273 Å². The number of hydrogen-bond acceptors (Lipinski definition) is 11. The van der Waals surface area contributed by atoms with Crippen molar-refractivity contribution < 1.29 is 52.2 Å². The quantitative estimate of drug-likeness (QED) is 0.0606. The summed E-state index contributed by atoms with van der Waals surface area (Å²) in [6, 6.07) is 0. The van der Waals surface area contributed by atoms with Gasteiger partial charge in [-0.2, -0.15) is 0 Å². The average Bonchev–Trinajstić information content (AvgIpc) is 3.03. The maximum absolute atomic E-state index is 11.8. The van der Waals surface area contributed by atoms with Crippen LogP contribution in [0.25, 0.3) is 0 Å². The van der Waals surface area contributed by atoms with Crippen LogP contribution >= 0.6 is 0 Å².